The summed E-state index contributed by atoms with van der Waals surface area (Å²) in [6, 6.07) is 5.07. The van der Waals surface area contributed by atoms with Gasteiger partial charge in [0.15, 0.2) is 0 Å². The van der Waals surface area contributed by atoms with Crippen LogP contribution in [-0.4, -0.2) is 28.3 Å². The number of benzene rings is 1. The summed E-state index contributed by atoms with van der Waals surface area (Å²) in [5.74, 6) is 1.32. The fraction of sp³-hybridized carbons (Fsp3) is 0.385. The van der Waals surface area contributed by atoms with Gasteiger partial charge in [0.1, 0.15) is 5.75 Å². The van der Waals surface area contributed by atoms with E-state index in [9.17, 15) is 5.11 Å². The molecule has 0 aliphatic carbocycles. The van der Waals surface area contributed by atoms with Crippen LogP contribution in [0.2, 0.25) is 0 Å². The molecule has 0 saturated heterocycles. The van der Waals surface area contributed by atoms with Gasteiger partial charge in [-0.3, -0.25) is 0 Å². The molecule has 0 atom stereocenters. The van der Waals surface area contributed by atoms with Crippen molar-refractivity contribution in [1.29, 1.82) is 0 Å². The van der Waals surface area contributed by atoms with Gasteiger partial charge in [-0.1, -0.05) is 0 Å². The smallest absolute Gasteiger partial charge is 0.266 e. The van der Waals surface area contributed by atoms with E-state index in [-0.39, 0.29) is 5.75 Å². The largest absolute Gasteiger partial charge is 0.508 e. The molecule has 0 aliphatic rings. The summed E-state index contributed by atoms with van der Waals surface area (Å²) in [5.41, 5.74) is 1.75. The van der Waals surface area contributed by atoms with Crippen LogP contribution in [0.4, 0.5) is 5.95 Å². The zero-order valence-corrected chi connectivity index (χ0v) is 10.8. The van der Waals surface area contributed by atoms with Gasteiger partial charge in [0, 0.05) is 18.7 Å². The SMILES string of the molecule is CCN(CC)c1noc(-c2ccc(O)cc2C)n1. The van der Waals surface area contributed by atoms with Crippen molar-refractivity contribution in [3.63, 3.8) is 0 Å². The molecule has 1 aromatic heterocycles. The maximum Gasteiger partial charge on any atom is 0.266 e. The first-order valence-corrected chi connectivity index (χ1v) is 6.04. The lowest BCUT2D eigenvalue weighted by atomic mass is 10.1. The molecule has 0 spiro atoms. The number of phenolic OH excluding ortho intramolecular Hbond substituents is 1. The molecule has 5 heteroatoms. The summed E-state index contributed by atoms with van der Waals surface area (Å²) in [5, 5.41) is 13.4. The molecule has 5 nitrogen and oxygen atoms in total. The quantitative estimate of drug-likeness (QED) is 0.899. The highest BCUT2D eigenvalue weighted by Gasteiger charge is 2.14. The van der Waals surface area contributed by atoms with E-state index in [1.54, 1.807) is 18.2 Å². The van der Waals surface area contributed by atoms with Crippen LogP contribution in [-0.2, 0) is 0 Å². The minimum absolute atomic E-state index is 0.236. The van der Waals surface area contributed by atoms with Crippen LogP contribution >= 0.6 is 0 Å². The minimum Gasteiger partial charge on any atom is -0.508 e. The lowest BCUT2D eigenvalue weighted by molar-refractivity contribution is 0.429. The van der Waals surface area contributed by atoms with Crippen molar-refractivity contribution < 1.29 is 9.63 Å². The molecule has 96 valence electrons. The predicted molar refractivity (Wildman–Crippen MR) is 69.7 cm³/mol. The third kappa shape index (κ3) is 2.30. The fourth-order valence-electron chi connectivity index (χ4n) is 1.85. The Labute approximate surface area is 106 Å². The molecule has 0 aliphatic heterocycles. The van der Waals surface area contributed by atoms with Crippen molar-refractivity contribution in [2.24, 2.45) is 0 Å². The lowest BCUT2D eigenvalue weighted by Crippen LogP contribution is -2.22. The van der Waals surface area contributed by atoms with E-state index < -0.39 is 0 Å². The molecule has 1 aromatic carbocycles. The second-order valence-corrected chi connectivity index (χ2v) is 4.07. The van der Waals surface area contributed by atoms with Crippen LogP contribution < -0.4 is 4.90 Å². The summed E-state index contributed by atoms with van der Waals surface area (Å²) < 4.78 is 5.27. The molecule has 1 heterocycles. The number of hydrogen-bond acceptors (Lipinski definition) is 5. The molecule has 0 radical (unpaired) electrons. The first-order chi connectivity index (χ1) is 8.65. The summed E-state index contributed by atoms with van der Waals surface area (Å²) in [4.78, 5) is 6.40. The zero-order chi connectivity index (χ0) is 13.1. The Morgan fingerprint density at radius 3 is 2.61 bits per heavy atom. The maximum atomic E-state index is 9.38. The predicted octanol–water partition coefficient (Wildman–Crippen LogP) is 2.60. The Morgan fingerprint density at radius 1 is 1.28 bits per heavy atom. The second kappa shape index (κ2) is 5.08. The van der Waals surface area contributed by atoms with Gasteiger partial charge in [-0.25, -0.2) is 0 Å². The van der Waals surface area contributed by atoms with Crippen LogP contribution in [0, 0.1) is 6.92 Å². The Hall–Kier alpha value is -2.04. The lowest BCUT2D eigenvalue weighted by Gasteiger charge is -2.14. The van der Waals surface area contributed by atoms with Crippen LogP contribution in [0.25, 0.3) is 11.5 Å². The van der Waals surface area contributed by atoms with Gasteiger partial charge >= 0.3 is 0 Å². The Balaban J connectivity index is 2.34. The molecule has 0 fully saturated rings. The van der Waals surface area contributed by atoms with Gasteiger partial charge < -0.3 is 14.5 Å². The third-order valence-electron chi connectivity index (χ3n) is 2.90. The maximum absolute atomic E-state index is 9.38. The van der Waals surface area contributed by atoms with Gasteiger partial charge in [-0.05, 0) is 49.7 Å². The number of aryl methyl sites for hydroxylation is 1. The number of nitrogens with zero attached hydrogens (tertiary/aromatic N) is 3. The van der Waals surface area contributed by atoms with Crippen LogP contribution in [0.1, 0.15) is 19.4 Å². The van der Waals surface area contributed by atoms with E-state index in [0.29, 0.717) is 11.8 Å². The van der Waals surface area contributed by atoms with E-state index in [4.69, 9.17) is 4.52 Å². The number of aromatic nitrogens is 2. The summed E-state index contributed by atoms with van der Waals surface area (Å²) in [6.07, 6.45) is 0. The average Bonchev–Trinajstić information content (AvgIpc) is 2.80. The highest BCUT2D eigenvalue weighted by Crippen LogP contribution is 2.26. The highest BCUT2D eigenvalue weighted by molar-refractivity contribution is 5.60. The van der Waals surface area contributed by atoms with E-state index in [2.05, 4.69) is 10.1 Å². The molecule has 0 bridgehead atoms. The van der Waals surface area contributed by atoms with Gasteiger partial charge in [0.05, 0.1) is 0 Å². The normalized spacial score (nSPS) is 10.6. The zero-order valence-electron chi connectivity index (χ0n) is 10.8. The van der Waals surface area contributed by atoms with Crippen LogP contribution in [0.5, 0.6) is 5.75 Å². The van der Waals surface area contributed by atoms with Crippen molar-refractivity contribution in [3.8, 4) is 17.2 Å². The summed E-state index contributed by atoms with van der Waals surface area (Å²) >= 11 is 0. The van der Waals surface area contributed by atoms with Crippen LogP contribution in [0.15, 0.2) is 22.7 Å². The van der Waals surface area contributed by atoms with Crippen molar-refractivity contribution in [1.82, 2.24) is 10.1 Å². The molecule has 2 rings (SSSR count). The van der Waals surface area contributed by atoms with Crippen molar-refractivity contribution in [2.75, 3.05) is 18.0 Å². The average molecular weight is 247 g/mol. The first kappa shape index (κ1) is 12.4. The van der Waals surface area contributed by atoms with Crippen molar-refractivity contribution >= 4 is 5.95 Å². The second-order valence-electron chi connectivity index (χ2n) is 4.07. The Bertz CT molecular complexity index is 533. The molecule has 2 aromatic rings. The number of aromatic hydroxyl groups is 1. The molecule has 0 saturated carbocycles. The van der Waals surface area contributed by atoms with E-state index in [0.717, 1.165) is 24.2 Å². The highest BCUT2D eigenvalue weighted by atomic mass is 16.5. The monoisotopic (exact) mass is 247 g/mol. The van der Waals surface area contributed by atoms with E-state index in [1.165, 1.54) is 0 Å². The third-order valence-corrected chi connectivity index (χ3v) is 2.90. The Morgan fingerprint density at radius 2 is 2.00 bits per heavy atom. The Kier molecular flexibility index (Phi) is 3.50. The van der Waals surface area contributed by atoms with Crippen molar-refractivity contribution in [2.45, 2.75) is 20.8 Å². The number of hydrogen-bond donors (Lipinski definition) is 1. The van der Waals surface area contributed by atoms with Crippen molar-refractivity contribution in [3.05, 3.63) is 23.8 Å². The van der Waals surface area contributed by atoms with Crippen LogP contribution in [0.3, 0.4) is 0 Å². The van der Waals surface area contributed by atoms with Gasteiger partial charge in [-0.15, -0.1) is 0 Å². The van der Waals surface area contributed by atoms with E-state index in [1.807, 2.05) is 25.7 Å². The first-order valence-electron chi connectivity index (χ1n) is 6.04. The molecule has 1 N–H and O–H groups in total. The fourth-order valence-corrected chi connectivity index (χ4v) is 1.85. The van der Waals surface area contributed by atoms with Gasteiger partial charge in [0.2, 0.25) is 0 Å². The molecule has 18 heavy (non-hydrogen) atoms. The molecular formula is C13H17N3O2. The minimum atomic E-state index is 0.236. The molecule has 0 amide bonds. The summed E-state index contributed by atoms with van der Waals surface area (Å²) in [6.45, 7) is 7.67. The van der Waals surface area contributed by atoms with Gasteiger partial charge in [-0.2, -0.15) is 4.98 Å². The standard InChI is InChI=1S/C13H17N3O2/c1-4-16(5-2)13-14-12(18-15-13)11-7-6-10(17)8-9(11)3/h6-8,17H,4-5H2,1-3H3. The summed E-state index contributed by atoms with van der Waals surface area (Å²) in [7, 11) is 0. The molecular weight excluding hydrogens is 230 g/mol. The number of rotatable bonds is 4. The van der Waals surface area contributed by atoms with Gasteiger partial charge in [0.25, 0.3) is 11.8 Å². The number of anilines is 1. The number of phenols is 1. The van der Waals surface area contributed by atoms with E-state index >= 15 is 0 Å². The topological polar surface area (TPSA) is 62.4 Å². The molecule has 0 unspecified atom stereocenters.